The lowest BCUT2D eigenvalue weighted by Crippen LogP contribution is -2.40. The van der Waals surface area contributed by atoms with Crippen LogP contribution in [-0.2, 0) is 0 Å². The van der Waals surface area contributed by atoms with Gasteiger partial charge in [0, 0.05) is 19.0 Å². The van der Waals surface area contributed by atoms with Crippen LogP contribution in [0.1, 0.15) is 20.3 Å². The van der Waals surface area contributed by atoms with Gasteiger partial charge < -0.3 is 5.73 Å². The topological polar surface area (TPSA) is 53.1 Å². The molecule has 0 aliphatic carbocycles. The molecular formula is C8H16F3N3. The molecule has 0 saturated carbocycles. The first-order valence-electron chi connectivity index (χ1n) is 4.36. The van der Waals surface area contributed by atoms with E-state index in [-0.39, 0.29) is 24.8 Å². The van der Waals surface area contributed by atoms with Crippen LogP contribution >= 0.6 is 0 Å². The van der Waals surface area contributed by atoms with E-state index >= 15 is 0 Å². The fraction of sp³-hybridized carbons (Fsp3) is 0.875. The van der Waals surface area contributed by atoms with Crippen LogP contribution in [-0.4, -0.2) is 36.0 Å². The van der Waals surface area contributed by atoms with Crippen molar-refractivity contribution in [2.75, 3.05) is 13.1 Å². The minimum absolute atomic E-state index is 0.0853. The Balaban J connectivity index is 4.10. The van der Waals surface area contributed by atoms with E-state index in [9.17, 15) is 13.2 Å². The zero-order chi connectivity index (χ0) is 11.4. The number of hydrogen-bond acceptors (Lipinski definition) is 2. The van der Waals surface area contributed by atoms with Crippen LogP contribution in [0.3, 0.4) is 0 Å². The van der Waals surface area contributed by atoms with Crippen molar-refractivity contribution < 1.29 is 13.2 Å². The number of nitrogens with two attached hydrogens (primary N) is 1. The fourth-order valence-electron chi connectivity index (χ4n) is 1.01. The number of alkyl halides is 3. The van der Waals surface area contributed by atoms with Crippen LogP contribution in [0, 0.1) is 5.41 Å². The van der Waals surface area contributed by atoms with Gasteiger partial charge >= 0.3 is 6.18 Å². The van der Waals surface area contributed by atoms with E-state index in [1.54, 1.807) is 13.8 Å². The normalized spacial score (nSPS) is 12.5. The molecule has 6 heteroatoms. The quantitative estimate of drug-likeness (QED) is 0.536. The van der Waals surface area contributed by atoms with Crippen LogP contribution in [0.5, 0.6) is 0 Å². The van der Waals surface area contributed by atoms with E-state index in [1.165, 1.54) is 4.90 Å². The molecule has 84 valence electrons. The molecule has 0 heterocycles. The molecule has 0 aromatic heterocycles. The highest BCUT2D eigenvalue weighted by molar-refractivity contribution is 5.76. The third-order valence-corrected chi connectivity index (χ3v) is 1.78. The van der Waals surface area contributed by atoms with Gasteiger partial charge in [-0.1, -0.05) is 0 Å². The van der Waals surface area contributed by atoms with Gasteiger partial charge in [-0.05, 0) is 13.8 Å². The lowest BCUT2D eigenvalue weighted by atomic mass is 10.2. The van der Waals surface area contributed by atoms with Crippen molar-refractivity contribution in [1.82, 2.24) is 4.90 Å². The average Bonchev–Trinajstić information content (AvgIpc) is 1.94. The largest absolute Gasteiger partial charge is 0.401 e. The van der Waals surface area contributed by atoms with Gasteiger partial charge in [-0.25, -0.2) is 0 Å². The van der Waals surface area contributed by atoms with E-state index in [2.05, 4.69) is 0 Å². The second-order valence-electron chi connectivity index (χ2n) is 3.45. The van der Waals surface area contributed by atoms with Crippen molar-refractivity contribution in [2.24, 2.45) is 5.73 Å². The molecule has 0 spiro atoms. The third kappa shape index (κ3) is 6.71. The molecule has 0 aromatic rings. The highest BCUT2D eigenvalue weighted by atomic mass is 19.4. The maximum Gasteiger partial charge on any atom is 0.401 e. The van der Waals surface area contributed by atoms with Gasteiger partial charge in [0.2, 0.25) is 0 Å². The second-order valence-corrected chi connectivity index (χ2v) is 3.45. The Bertz CT molecular complexity index is 189. The monoisotopic (exact) mass is 211 g/mol. The maximum absolute atomic E-state index is 12.1. The van der Waals surface area contributed by atoms with Gasteiger partial charge in [0.1, 0.15) is 0 Å². The average molecular weight is 211 g/mol. The molecule has 0 aliphatic heterocycles. The van der Waals surface area contributed by atoms with Crippen LogP contribution < -0.4 is 5.73 Å². The number of nitrogens with zero attached hydrogens (tertiary/aromatic N) is 1. The summed E-state index contributed by atoms with van der Waals surface area (Å²) in [5.41, 5.74) is 5.08. The summed E-state index contributed by atoms with van der Waals surface area (Å²) >= 11 is 0. The number of halogens is 3. The number of rotatable bonds is 5. The lowest BCUT2D eigenvalue weighted by Gasteiger charge is -2.27. The van der Waals surface area contributed by atoms with Crippen molar-refractivity contribution in [2.45, 2.75) is 32.5 Å². The summed E-state index contributed by atoms with van der Waals surface area (Å²) < 4.78 is 36.2. The summed E-state index contributed by atoms with van der Waals surface area (Å²) in [5.74, 6) is -0.0853. The van der Waals surface area contributed by atoms with E-state index in [0.29, 0.717) is 0 Å². The fourth-order valence-corrected chi connectivity index (χ4v) is 1.01. The van der Waals surface area contributed by atoms with Gasteiger partial charge in [0.05, 0.1) is 12.4 Å². The lowest BCUT2D eigenvalue weighted by molar-refractivity contribution is -0.149. The Morgan fingerprint density at radius 1 is 1.43 bits per heavy atom. The zero-order valence-corrected chi connectivity index (χ0v) is 8.36. The molecule has 0 fully saturated rings. The van der Waals surface area contributed by atoms with Crippen molar-refractivity contribution >= 4 is 5.84 Å². The Morgan fingerprint density at radius 3 is 2.21 bits per heavy atom. The van der Waals surface area contributed by atoms with Crippen molar-refractivity contribution in [3.8, 4) is 0 Å². The Kier molecular flexibility index (Phi) is 4.90. The van der Waals surface area contributed by atoms with Gasteiger partial charge in [0.15, 0.2) is 0 Å². The smallest absolute Gasteiger partial charge is 0.388 e. The SMILES string of the molecule is CC(C)N(CCC(=N)N)CC(F)(F)F. The first kappa shape index (κ1) is 13.2. The zero-order valence-electron chi connectivity index (χ0n) is 8.36. The summed E-state index contributed by atoms with van der Waals surface area (Å²) in [7, 11) is 0. The second kappa shape index (κ2) is 5.19. The molecule has 0 saturated heterocycles. The van der Waals surface area contributed by atoms with Crippen LogP contribution in [0.2, 0.25) is 0 Å². The molecule has 14 heavy (non-hydrogen) atoms. The first-order chi connectivity index (χ1) is 6.22. The van der Waals surface area contributed by atoms with Crippen LogP contribution in [0.15, 0.2) is 0 Å². The summed E-state index contributed by atoms with van der Waals surface area (Å²) in [6.45, 7) is 2.60. The van der Waals surface area contributed by atoms with Gasteiger partial charge in [-0.2, -0.15) is 13.2 Å². The molecule has 3 N–H and O–H groups in total. The molecule has 0 amide bonds. The van der Waals surface area contributed by atoms with Gasteiger partial charge in [-0.15, -0.1) is 0 Å². The minimum Gasteiger partial charge on any atom is -0.388 e. The number of nitrogens with one attached hydrogen (secondary N) is 1. The Hall–Kier alpha value is -0.780. The maximum atomic E-state index is 12.1. The molecule has 0 atom stereocenters. The predicted molar refractivity (Wildman–Crippen MR) is 49.3 cm³/mol. The third-order valence-electron chi connectivity index (χ3n) is 1.78. The molecule has 0 aromatic carbocycles. The molecule has 0 unspecified atom stereocenters. The summed E-state index contributed by atoms with van der Waals surface area (Å²) in [6, 6.07) is -0.198. The van der Waals surface area contributed by atoms with Crippen molar-refractivity contribution in [3.63, 3.8) is 0 Å². The minimum atomic E-state index is -4.19. The predicted octanol–water partition coefficient (Wildman–Crippen LogP) is 1.59. The Labute approximate surface area is 81.6 Å². The van der Waals surface area contributed by atoms with Gasteiger partial charge in [0.25, 0.3) is 0 Å². The molecule has 0 bridgehead atoms. The molecule has 0 rings (SSSR count). The summed E-state index contributed by atoms with van der Waals surface area (Å²) in [4.78, 5) is 1.25. The van der Waals surface area contributed by atoms with E-state index in [0.717, 1.165) is 0 Å². The molecular weight excluding hydrogens is 195 g/mol. The van der Waals surface area contributed by atoms with Gasteiger partial charge in [-0.3, -0.25) is 10.3 Å². The number of hydrogen-bond donors (Lipinski definition) is 2. The highest BCUT2D eigenvalue weighted by Crippen LogP contribution is 2.17. The Morgan fingerprint density at radius 2 is 1.93 bits per heavy atom. The molecule has 3 nitrogen and oxygen atoms in total. The molecule has 0 aliphatic rings. The van der Waals surface area contributed by atoms with E-state index in [1.807, 2.05) is 0 Å². The van der Waals surface area contributed by atoms with E-state index in [4.69, 9.17) is 11.1 Å². The number of amidine groups is 1. The summed E-state index contributed by atoms with van der Waals surface area (Å²) in [5, 5.41) is 6.93. The van der Waals surface area contributed by atoms with Crippen LogP contribution in [0.4, 0.5) is 13.2 Å². The van der Waals surface area contributed by atoms with Crippen molar-refractivity contribution in [1.29, 1.82) is 5.41 Å². The van der Waals surface area contributed by atoms with Crippen molar-refractivity contribution in [3.05, 3.63) is 0 Å². The van der Waals surface area contributed by atoms with Crippen LogP contribution in [0.25, 0.3) is 0 Å². The molecule has 0 radical (unpaired) electrons. The highest BCUT2D eigenvalue weighted by Gasteiger charge is 2.31. The first-order valence-corrected chi connectivity index (χ1v) is 4.36. The summed E-state index contributed by atoms with van der Waals surface area (Å²) in [6.07, 6.45) is -4.02. The standard InChI is InChI=1S/C8H16F3N3/c1-6(2)14(4-3-7(12)13)5-8(9,10)11/h6H,3-5H2,1-2H3,(H3,12,13). The van der Waals surface area contributed by atoms with E-state index < -0.39 is 12.7 Å².